The molecule has 0 aliphatic heterocycles. The third-order valence-corrected chi connectivity index (χ3v) is 0.911. The number of rotatable bonds is 0. The Balaban J connectivity index is 0.000000640. The number of nitrogen functional groups attached to an aromatic ring is 2. The van der Waals surface area contributed by atoms with Gasteiger partial charge in [-0.05, 0) is 18.2 Å². The van der Waals surface area contributed by atoms with Gasteiger partial charge in [0.2, 0.25) is 0 Å². The van der Waals surface area contributed by atoms with Gasteiger partial charge in [0, 0.05) is 11.4 Å². The van der Waals surface area contributed by atoms with Crippen LogP contribution in [0.5, 0.6) is 0 Å². The van der Waals surface area contributed by atoms with E-state index in [-0.39, 0.29) is 26.2 Å². The summed E-state index contributed by atoms with van der Waals surface area (Å²) in [5.41, 5.74) is 12.2. The third kappa shape index (κ3) is 2.66. The van der Waals surface area contributed by atoms with E-state index in [0.717, 1.165) is 0 Å². The average molecular weight is 320 g/mol. The minimum absolute atomic E-state index is 0. The van der Waals surface area contributed by atoms with Gasteiger partial charge >= 0.3 is 26.2 Å². The number of anilines is 2. The molecule has 0 heterocycles. The van der Waals surface area contributed by atoms with Gasteiger partial charge in [0.05, 0.1) is 0 Å². The van der Waals surface area contributed by atoms with E-state index < -0.39 is 0 Å². The fourth-order valence-electron chi connectivity index (χ4n) is 0.559. The molecule has 3 heteroatoms. The van der Waals surface area contributed by atoms with Gasteiger partial charge in [-0.1, -0.05) is 6.07 Å². The zero-order chi connectivity index (χ0) is 5.98. The molecule has 0 bridgehead atoms. The van der Waals surface area contributed by atoms with Gasteiger partial charge in [-0.3, -0.25) is 0 Å². The standard InChI is InChI=1S/C6H8N2.Bi.3H/c7-5-2-1-3-6(8)4-5;;;;/h1-4H,7-8H2;;;;. The van der Waals surface area contributed by atoms with Crippen LogP contribution < -0.4 is 11.5 Å². The molecule has 0 atom stereocenters. The van der Waals surface area contributed by atoms with Gasteiger partial charge in [-0.25, -0.2) is 0 Å². The Morgan fingerprint density at radius 3 is 1.67 bits per heavy atom. The number of hydrogen-bond acceptors (Lipinski definition) is 2. The van der Waals surface area contributed by atoms with Crippen LogP contribution in [0.3, 0.4) is 0 Å². The van der Waals surface area contributed by atoms with Crippen LogP contribution in [0.25, 0.3) is 0 Å². The molecule has 0 saturated carbocycles. The molecular formula is C6H11BiN2. The van der Waals surface area contributed by atoms with Crippen LogP contribution in [0.4, 0.5) is 11.4 Å². The van der Waals surface area contributed by atoms with Crippen LogP contribution in [0.15, 0.2) is 24.3 Å². The fourth-order valence-corrected chi connectivity index (χ4v) is 0.559. The molecule has 0 saturated heterocycles. The van der Waals surface area contributed by atoms with Gasteiger partial charge in [0.1, 0.15) is 0 Å². The molecule has 0 aliphatic carbocycles. The van der Waals surface area contributed by atoms with Crippen LogP contribution in [0, 0.1) is 0 Å². The maximum atomic E-state index is 5.38. The molecular weight excluding hydrogens is 309 g/mol. The summed E-state index contributed by atoms with van der Waals surface area (Å²) in [4.78, 5) is 0. The monoisotopic (exact) mass is 320 g/mol. The number of benzene rings is 1. The van der Waals surface area contributed by atoms with Crippen molar-refractivity contribution < 1.29 is 0 Å². The molecule has 1 aromatic rings. The zero-order valence-corrected chi connectivity index (χ0v) is 10.7. The molecule has 4 N–H and O–H groups in total. The zero-order valence-electron chi connectivity index (χ0n) is 5.17. The molecule has 0 aromatic heterocycles. The topological polar surface area (TPSA) is 52.0 Å². The molecule has 0 radical (unpaired) electrons. The molecule has 0 spiro atoms. The third-order valence-electron chi connectivity index (χ3n) is 0.911. The van der Waals surface area contributed by atoms with Gasteiger partial charge < -0.3 is 11.5 Å². The van der Waals surface area contributed by atoms with Crippen molar-refractivity contribution >= 4 is 37.6 Å². The van der Waals surface area contributed by atoms with Gasteiger partial charge in [-0.15, -0.1) is 0 Å². The van der Waals surface area contributed by atoms with E-state index in [1.165, 1.54) is 0 Å². The second-order valence-corrected chi connectivity index (χ2v) is 1.67. The predicted molar refractivity (Wildman–Crippen MR) is 45.2 cm³/mol. The molecule has 0 aliphatic rings. The Bertz CT molecular complexity index is 171. The first kappa shape index (κ1) is 8.70. The molecule has 1 aromatic carbocycles. The van der Waals surface area contributed by atoms with Crippen molar-refractivity contribution in [3.8, 4) is 0 Å². The first-order valence-electron chi connectivity index (χ1n) is 2.40. The molecule has 50 valence electrons. The first-order chi connectivity index (χ1) is 3.79. The van der Waals surface area contributed by atoms with E-state index >= 15 is 0 Å². The van der Waals surface area contributed by atoms with Crippen molar-refractivity contribution in [1.29, 1.82) is 0 Å². The van der Waals surface area contributed by atoms with Crippen molar-refractivity contribution in [1.82, 2.24) is 0 Å². The summed E-state index contributed by atoms with van der Waals surface area (Å²) >= 11 is 0. The fraction of sp³-hybridized carbons (Fsp3) is 0. The van der Waals surface area contributed by atoms with Crippen molar-refractivity contribution in [2.75, 3.05) is 11.5 Å². The summed E-state index contributed by atoms with van der Waals surface area (Å²) in [6, 6.07) is 7.15. The van der Waals surface area contributed by atoms with Crippen molar-refractivity contribution in [2.24, 2.45) is 0 Å². The van der Waals surface area contributed by atoms with E-state index in [1.807, 2.05) is 6.07 Å². The second kappa shape index (κ2) is 3.68. The van der Waals surface area contributed by atoms with Crippen molar-refractivity contribution in [3.63, 3.8) is 0 Å². The molecule has 2 nitrogen and oxygen atoms in total. The van der Waals surface area contributed by atoms with Crippen molar-refractivity contribution in [3.05, 3.63) is 24.3 Å². The quantitative estimate of drug-likeness (QED) is 0.508. The van der Waals surface area contributed by atoms with Crippen LogP contribution in [-0.4, -0.2) is 26.2 Å². The Morgan fingerprint density at radius 2 is 1.44 bits per heavy atom. The summed E-state index contributed by atoms with van der Waals surface area (Å²) in [6.45, 7) is 0. The van der Waals surface area contributed by atoms with E-state index in [4.69, 9.17) is 11.5 Å². The van der Waals surface area contributed by atoms with E-state index in [1.54, 1.807) is 18.2 Å². The summed E-state index contributed by atoms with van der Waals surface area (Å²) in [6.07, 6.45) is 0. The van der Waals surface area contributed by atoms with E-state index in [0.29, 0.717) is 11.4 Å². The van der Waals surface area contributed by atoms with Crippen LogP contribution in [0.1, 0.15) is 0 Å². The van der Waals surface area contributed by atoms with E-state index in [9.17, 15) is 0 Å². The summed E-state index contributed by atoms with van der Waals surface area (Å²) in [5, 5.41) is 0. The Hall–Kier alpha value is -0.297. The Labute approximate surface area is 73.4 Å². The molecule has 0 unspecified atom stereocenters. The summed E-state index contributed by atoms with van der Waals surface area (Å²) < 4.78 is 0. The molecule has 9 heavy (non-hydrogen) atoms. The van der Waals surface area contributed by atoms with Gasteiger partial charge in [0.25, 0.3) is 0 Å². The molecule has 0 fully saturated rings. The van der Waals surface area contributed by atoms with Crippen LogP contribution in [0.2, 0.25) is 0 Å². The molecule has 0 amide bonds. The van der Waals surface area contributed by atoms with Gasteiger partial charge in [-0.2, -0.15) is 0 Å². The second-order valence-electron chi connectivity index (χ2n) is 1.67. The minimum atomic E-state index is 0. The number of hydrogen-bond donors (Lipinski definition) is 2. The van der Waals surface area contributed by atoms with Crippen molar-refractivity contribution in [2.45, 2.75) is 0 Å². The molecule has 1 rings (SSSR count). The summed E-state index contributed by atoms with van der Waals surface area (Å²) in [7, 11) is 0. The van der Waals surface area contributed by atoms with Crippen LogP contribution in [-0.2, 0) is 0 Å². The first-order valence-corrected chi connectivity index (χ1v) is 2.40. The SMILES string of the molecule is Nc1cccc(N)c1.[BiH3]. The maximum absolute atomic E-state index is 5.38. The Kier molecular flexibility index (Phi) is 3.55. The summed E-state index contributed by atoms with van der Waals surface area (Å²) in [5.74, 6) is 0. The normalized spacial score (nSPS) is 8.00. The predicted octanol–water partition coefficient (Wildman–Crippen LogP) is -0.333. The van der Waals surface area contributed by atoms with Crippen LogP contribution >= 0.6 is 0 Å². The average Bonchev–Trinajstić information content (AvgIpc) is 1.64. The number of nitrogens with two attached hydrogens (primary N) is 2. The van der Waals surface area contributed by atoms with Gasteiger partial charge in [0.15, 0.2) is 0 Å². The van der Waals surface area contributed by atoms with E-state index in [2.05, 4.69) is 0 Å². The Morgan fingerprint density at radius 1 is 1.00 bits per heavy atom.